The van der Waals surface area contributed by atoms with Gasteiger partial charge in [-0.2, -0.15) is 0 Å². The number of nitrogens with one attached hydrogen (secondary N) is 1. The Morgan fingerprint density at radius 2 is 1.97 bits per heavy atom. The van der Waals surface area contributed by atoms with Gasteiger partial charge in [-0.15, -0.1) is 0 Å². The van der Waals surface area contributed by atoms with Gasteiger partial charge in [0, 0.05) is 34.3 Å². The van der Waals surface area contributed by atoms with Crippen molar-refractivity contribution in [2.45, 2.75) is 29.6 Å². The molecule has 4 rings (SSSR count). The molecule has 0 atom stereocenters. The van der Waals surface area contributed by atoms with E-state index in [1.165, 1.54) is 0 Å². The number of methoxy groups -OCH3 is 1. The van der Waals surface area contributed by atoms with Gasteiger partial charge >= 0.3 is 0 Å². The highest BCUT2D eigenvalue weighted by atomic mass is 32.2. The topological polar surface area (TPSA) is 54.5 Å². The number of hydrogen-bond donors (Lipinski definition) is 1. The number of carbonyl (C=O) groups is 1. The number of benzene rings is 2. The molecule has 1 aromatic heterocycles. The zero-order valence-electron chi connectivity index (χ0n) is 17.7. The quantitative estimate of drug-likeness (QED) is 0.445. The average molecular weight is 432 g/mol. The molecule has 31 heavy (non-hydrogen) atoms. The average Bonchev–Trinajstić information content (AvgIpc) is 2.91. The molecule has 0 bridgehead atoms. The molecular formula is C25H25N3O2S. The summed E-state index contributed by atoms with van der Waals surface area (Å²) in [4.78, 5) is 21.6. The van der Waals surface area contributed by atoms with Crippen LogP contribution in [0.3, 0.4) is 0 Å². The maximum absolute atomic E-state index is 13.3. The van der Waals surface area contributed by atoms with Crippen molar-refractivity contribution in [2.75, 3.05) is 23.9 Å². The van der Waals surface area contributed by atoms with Crippen molar-refractivity contribution in [1.29, 1.82) is 0 Å². The van der Waals surface area contributed by atoms with Crippen LogP contribution in [-0.4, -0.2) is 24.5 Å². The second-order valence-electron chi connectivity index (χ2n) is 7.16. The molecule has 1 N–H and O–H groups in total. The highest BCUT2D eigenvalue weighted by Crippen LogP contribution is 2.42. The first kappa shape index (κ1) is 21.0. The first-order valence-electron chi connectivity index (χ1n) is 10.3. The Labute approximate surface area is 187 Å². The standard InChI is InChI=1S/C25H25N3O2S/c1-3-4-5-8-15-28-21-12-11-18(27-24-17-19(30-2)13-14-26-24)16-23(21)31-22-10-7-6-9-20(22)25(28)29/h5-14,16-17H,3-4,15H2,1-2H3,(H,26,27)/b8-5+. The number of nitrogens with zero attached hydrogens (tertiary/aromatic N) is 2. The molecule has 0 fully saturated rings. The number of carbonyl (C=O) groups excluding carboxylic acids is 1. The lowest BCUT2D eigenvalue weighted by Crippen LogP contribution is -2.31. The lowest BCUT2D eigenvalue weighted by Gasteiger charge is -2.22. The van der Waals surface area contributed by atoms with Crippen LogP contribution in [0.5, 0.6) is 5.75 Å². The summed E-state index contributed by atoms with van der Waals surface area (Å²) in [6, 6.07) is 17.5. The number of fused-ring (bicyclic) bond motifs is 2. The molecule has 0 unspecified atom stereocenters. The lowest BCUT2D eigenvalue weighted by molar-refractivity contribution is 0.0987. The molecule has 3 aromatic rings. The minimum absolute atomic E-state index is 0.0261. The van der Waals surface area contributed by atoms with Crippen molar-refractivity contribution in [1.82, 2.24) is 4.98 Å². The molecule has 6 heteroatoms. The van der Waals surface area contributed by atoms with Gasteiger partial charge in [-0.05, 0) is 42.8 Å². The molecule has 0 radical (unpaired) electrons. The largest absolute Gasteiger partial charge is 0.497 e. The molecule has 0 saturated heterocycles. The van der Waals surface area contributed by atoms with Crippen LogP contribution in [0.4, 0.5) is 17.2 Å². The molecule has 1 aliphatic heterocycles. The minimum atomic E-state index is 0.0261. The molecule has 1 aliphatic rings. The summed E-state index contributed by atoms with van der Waals surface area (Å²) in [6.45, 7) is 2.69. The van der Waals surface area contributed by atoms with E-state index in [9.17, 15) is 4.79 Å². The third-order valence-electron chi connectivity index (χ3n) is 4.98. The fourth-order valence-corrected chi connectivity index (χ4v) is 4.52. The van der Waals surface area contributed by atoms with Gasteiger partial charge in [0.2, 0.25) is 0 Å². The Morgan fingerprint density at radius 3 is 2.81 bits per heavy atom. The number of allylic oxidation sites excluding steroid dienone is 1. The molecule has 158 valence electrons. The monoisotopic (exact) mass is 431 g/mol. The van der Waals surface area contributed by atoms with E-state index in [0.717, 1.165) is 45.3 Å². The van der Waals surface area contributed by atoms with Crippen LogP contribution in [0.2, 0.25) is 0 Å². The molecule has 0 aliphatic carbocycles. The van der Waals surface area contributed by atoms with Gasteiger partial charge in [0.25, 0.3) is 5.91 Å². The number of unbranched alkanes of at least 4 members (excludes halogenated alkanes) is 1. The predicted molar refractivity (Wildman–Crippen MR) is 127 cm³/mol. The maximum atomic E-state index is 13.3. The molecule has 0 spiro atoms. The third kappa shape index (κ3) is 4.75. The molecular weight excluding hydrogens is 406 g/mol. The van der Waals surface area contributed by atoms with Crippen LogP contribution in [0.25, 0.3) is 0 Å². The molecule has 1 amide bonds. The summed E-state index contributed by atoms with van der Waals surface area (Å²) in [5, 5.41) is 3.34. The van der Waals surface area contributed by atoms with Gasteiger partial charge in [0.15, 0.2) is 0 Å². The van der Waals surface area contributed by atoms with Crippen LogP contribution in [0.15, 0.2) is 82.7 Å². The Morgan fingerprint density at radius 1 is 1.10 bits per heavy atom. The molecule has 2 aromatic carbocycles. The Kier molecular flexibility index (Phi) is 6.57. The van der Waals surface area contributed by atoms with E-state index in [-0.39, 0.29) is 5.91 Å². The summed E-state index contributed by atoms with van der Waals surface area (Å²) in [5.41, 5.74) is 2.55. The third-order valence-corrected chi connectivity index (χ3v) is 6.11. The Bertz CT molecular complexity index is 1110. The van der Waals surface area contributed by atoms with Gasteiger partial charge in [0.1, 0.15) is 11.6 Å². The highest BCUT2D eigenvalue weighted by Gasteiger charge is 2.26. The lowest BCUT2D eigenvalue weighted by atomic mass is 10.1. The van der Waals surface area contributed by atoms with E-state index in [1.807, 2.05) is 53.4 Å². The van der Waals surface area contributed by atoms with Crippen molar-refractivity contribution >= 4 is 34.9 Å². The number of hydrogen-bond acceptors (Lipinski definition) is 5. The first-order chi connectivity index (χ1) is 15.2. The van der Waals surface area contributed by atoms with Crippen molar-refractivity contribution in [3.63, 3.8) is 0 Å². The van der Waals surface area contributed by atoms with E-state index in [2.05, 4.69) is 35.4 Å². The Hall–Kier alpha value is -3.25. The zero-order chi connectivity index (χ0) is 21.6. The summed E-state index contributed by atoms with van der Waals surface area (Å²) < 4.78 is 5.28. The number of anilines is 3. The van der Waals surface area contributed by atoms with Gasteiger partial charge in [-0.3, -0.25) is 4.79 Å². The molecule has 2 heterocycles. The molecule has 5 nitrogen and oxygen atoms in total. The van der Waals surface area contributed by atoms with Gasteiger partial charge in [-0.25, -0.2) is 4.98 Å². The van der Waals surface area contributed by atoms with E-state index >= 15 is 0 Å². The van der Waals surface area contributed by atoms with Crippen LogP contribution in [-0.2, 0) is 0 Å². The van der Waals surface area contributed by atoms with Crippen LogP contribution in [0.1, 0.15) is 30.1 Å². The SMILES string of the molecule is CCC/C=C/CN1C(=O)c2ccccc2Sc2cc(Nc3cc(OC)ccn3)ccc21. The summed E-state index contributed by atoms with van der Waals surface area (Å²) in [7, 11) is 1.64. The minimum Gasteiger partial charge on any atom is -0.497 e. The number of pyridine rings is 1. The van der Waals surface area contributed by atoms with Gasteiger partial charge in [-0.1, -0.05) is 49.4 Å². The fraction of sp³-hybridized carbons (Fsp3) is 0.200. The van der Waals surface area contributed by atoms with Crippen molar-refractivity contribution in [2.24, 2.45) is 0 Å². The second kappa shape index (κ2) is 9.71. The van der Waals surface area contributed by atoms with Gasteiger partial charge in [0.05, 0.1) is 18.4 Å². The van der Waals surface area contributed by atoms with Crippen molar-refractivity contribution in [3.05, 3.63) is 78.5 Å². The Balaban J connectivity index is 1.69. The summed E-state index contributed by atoms with van der Waals surface area (Å²) in [5.74, 6) is 1.47. The summed E-state index contributed by atoms with van der Waals surface area (Å²) >= 11 is 1.62. The zero-order valence-corrected chi connectivity index (χ0v) is 18.5. The van der Waals surface area contributed by atoms with Crippen LogP contribution in [0, 0.1) is 0 Å². The van der Waals surface area contributed by atoms with E-state index in [0.29, 0.717) is 12.4 Å². The van der Waals surface area contributed by atoms with Crippen molar-refractivity contribution < 1.29 is 9.53 Å². The fourth-order valence-electron chi connectivity index (χ4n) is 3.40. The molecule has 0 saturated carbocycles. The van der Waals surface area contributed by atoms with Gasteiger partial charge < -0.3 is 15.0 Å². The summed E-state index contributed by atoms with van der Waals surface area (Å²) in [6.07, 6.45) is 8.03. The number of ether oxygens (including phenoxy) is 1. The number of aromatic nitrogens is 1. The van der Waals surface area contributed by atoms with E-state index in [1.54, 1.807) is 25.1 Å². The van der Waals surface area contributed by atoms with Crippen molar-refractivity contribution in [3.8, 4) is 5.75 Å². The second-order valence-corrected chi connectivity index (χ2v) is 8.25. The predicted octanol–water partition coefficient (Wildman–Crippen LogP) is 6.30. The highest BCUT2D eigenvalue weighted by molar-refractivity contribution is 7.99. The first-order valence-corrected chi connectivity index (χ1v) is 11.2. The van der Waals surface area contributed by atoms with Crippen LogP contribution < -0.4 is 15.0 Å². The van der Waals surface area contributed by atoms with E-state index < -0.39 is 0 Å². The maximum Gasteiger partial charge on any atom is 0.259 e. The van der Waals surface area contributed by atoms with Crippen LogP contribution >= 0.6 is 11.8 Å². The normalized spacial score (nSPS) is 13.0. The smallest absolute Gasteiger partial charge is 0.259 e. The number of rotatable bonds is 7. The van der Waals surface area contributed by atoms with E-state index in [4.69, 9.17) is 4.74 Å². The number of amides is 1.